The van der Waals surface area contributed by atoms with Crippen LogP contribution in [0.2, 0.25) is 0 Å². The number of allylic oxidation sites excluding steroid dienone is 2. The largest absolute Gasteiger partial charge is 0.103 e. The molecule has 0 heterocycles. The summed E-state index contributed by atoms with van der Waals surface area (Å²) >= 11 is 0. The Kier molecular flexibility index (Phi) is 2.77. The van der Waals surface area contributed by atoms with E-state index < -0.39 is 0 Å². The van der Waals surface area contributed by atoms with Gasteiger partial charge in [-0.25, -0.2) is 0 Å². The summed E-state index contributed by atoms with van der Waals surface area (Å²) in [4.78, 5) is 0. The van der Waals surface area contributed by atoms with E-state index in [-0.39, 0.29) is 0 Å². The molecule has 8 aliphatic carbocycles. The van der Waals surface area contributed by atoms with E-state index in [2.05, 4.69) is 39.2 Å². The topological polar surface area (TPSA) is 0 Å². The maximum absolute atomic E-state index is 4.40. The minimum absolute atomic E-state index is 0.447. The summed E-state index contributed by atoms with van der Waals surface area (Å²) in [7, 11) is 0. The van der Waals surface area contributed by atoms with Crippen LogP contribution < -0.4 is 0 Å². The smallest absolute Gasteiger partial charge is 0.0105 e. The van der Waals surface area contributed by atoms with Crippen molar-refractivity contribution in [3.05, 3.63) is 25.3 Å². The van der Waals surface area contributed by atoms with Crippen molar-refractivity contribution in [3.8, 4) is 0 Å². The van der Waals surface area contributed by atoms with E-state index in [1.54, 1.807) is 12.8 Å². The Morgan fingerprint density at radius 2 is 1.15 bits per heavy atom. The summed E-state index contributed by atoms with van der Waals surface area (Å²) in [5.41, 5.74) is 3.32. The van der Waals surface area contributed by atoms with Gasteiger partial charge in [-0.15, -0.1) is 13.2 Å². The average molecular weight is 351 g/mol. The second-order valence-electron chi connectivity index (χ2n) is 13.3. The van der Waals surface area contributed by atoms with E-state index in [0.717, 1.165) is 11.8 Å². The second-order valence-corrected chi connectivity index (χ2v) is 13.3. The molecule has 0 N–H and O–H groups in total. The Balaban J connectivity index is 1.51. The normalized spacial score (nSPS) is 64.7. The molecule has 0 nitrogen and oxygen atoms in total. The van der Waals surface area contributed by atoms with Crippen LogP contribution >= 0.6 is 0 Å². The molecular weight excluding hydrogens is 312 g/mol. The highest BCUT2D eigenvalue weighted by Crippen LogP contribution is 2.82. The number of hydrogen-bond acceptors (Lipinski definition) is 0. The molecule has 4 unspecified atom stereocenters. The summed E-state index contributed by atoms with van der Waals surface area (Å²) < 4.78 is 0. The van der Waals surface area contributed by atoms with E-state index >= 15 is 0 Å². The minimum Gasteiger partial charge on any atom is -0.103 e. The van der Waals surface area contributed by atoms with Gasteiger partial charge in [-0.2, -0.15) is 0 Å². The first-order valence-electron chi connectivity index (χ1n) is 11.5. The van der Waals surface area contributed by atoms with Crippen LogP contribution in [0.4, 0.5) is 0 Å². The molecule has 0 amide bonds. The summed E-state index contributed by atoms with van der Waals surface area (Å²) in [6.45, 7) is 14.1. The van der Waals surface area contributed by atoms with Gasteiger partial charge in [-0.1, -0.05) is 26.0 Å². The Hall–Kier alpha value is -0.520. The molecule has 0 saturated heterocycles. The van der Waals surface area contributed by atoms with E-state index in [1.165, 1.54) is 64.2 Å². The molecule has 0 aliphatic heterocycles. The van der Waals surface area contributed by atoms with Crippen molar-refractivity contribution in [3.63, 3.8) is 0 Å². The molecule has 8 aliphatic rings. The molecule has 8 fully saturated rings. The van der Waals surface area contributed by atoms with Gasteiger partial charge in [-0.05, 0) is 121 Å². The van der Waals surface area contributed by atoms with Crippen LogP contribution in [-0.4, -0.2) is 0 Å². The zero-order valence-corrected chi connectivity index (χ0v) is 17.2. The first-order valence-corrected chi connectivity index (χ1v) is 11.5. The van der Waals surface area contributed by atoms with Crippen molar-refractivity contribution in [2.45, 2.75) is 90.9 Å². The third-order valence-electron chi connectivity index (χ3n) is 10.7. The molecule has 0 aromatic rings. The number of hydrogen-bond donors (Lipinski definition) is 0. The quantitative estimate of drug-likeness (QED) is 0.468. The van der Waals surface area contributed by atoms with Crippen LogP contribution in [0.3, 0.4) is 0 Å². The van der Waals surface area contributed by atoms with Gasteiger partial charge in [0.25, 0.3) is 0 Å². The molecule has 0 aromatic carbocycles. The molecule has 0 radical (unpaired) electrons. The third-order valence-corrected chi connectivity index (χ3v) is 10.7. The van der Waals surface area contributed by atoms with Gasteiger partial charge in [0.15, 0.2) is 0 Å². The van der Waals surface area contributed by atoms with Crippen LogP contribution in [0, 0.1) is 44.3 Å². The van der Waals surface area contributed by atoms with E-state index in [1.807, 2.05) is 0 Å². The van der Waals surface area contributed by atoms with E-state index in [9.17, 15) is 0 Å². The first-order chi connectivity index (χ1) is 12.2. The van der Waals surface area contributed by atoms with E-state index in [4.69, 9.17) is 0 Å². The third kappa shape index (κ3) is 1.83. The Labute approximate surface area is 160 Å². The molecule has 0 aromatic heterocycles. The van der Waals surface area contributed by atoms with Crippen molar-refractivity contribution in [2.24, 2.45) is 44.3 Å². The van der Waals surface area contributed by atoms with Crippen LogP contribution in [0.25, 0.3) is 0 Å². The minimum atomic E-state index is 0.447. The molecule has 8 saturated carbocycles. The molecule has 142 valence electrons. The summed E-state index contributed by atoms with van der Waals surface area (Å²) in [6, 6.07) is 0. The first kappa shape index (κ1) is 16.4. The standard InChI is InChI=1S/C26H38/c1-5-23-8-19-7-20(9-23)11-25(10-19,17-23)26-15-21(3)12-22(4,16-26)14-24(6-2,13-21)18-26/h5-6,19-20H,1-2,7-18H2,3-4H3. The van der Waals surface area contributed by atoms with Crippen LogP contribution in [0.15, 0.2) is 25.3 Å². The fourth-order valence-electron chi connectivity index (χ4n) is 11.8. The summed E-state index contributed by atoms with van der Waals surface area (Å²) in [5, 5.41) is 0. The van der Waals surface area contributed by atoms with E-state index in [0.29, 0.717) is 32.5 Å². The Bertz CT molecular complexity index is 663. The zero-order chi connectivity index (χ0) is 18.1. The molecule has 0 spiro atoms. The summed E-state index contributed by atoms with van der Waals surface area (Å²) in [6.07, 6.45) is 22.8. The van der Waals surface area contributed by atoms with Crippen molar-refractivity contribution in [1.82, 2.24) is 0 Å². The maximum atomic E-state index is 4.40. The molecule has 0 heteroatoms. The predicted molar refractivity (Wildman–Crippen MR) is 109 cm³/mol. The Morgan fingerprint density at radius 3 is 1.69 bits per heavy atom. The molecular formula is C26H38. The van der Waals surface area contributed by atoms with Gasteiger partial charge in [0.05, 0.1) is 0 Å². The highest BCUT2D eigenvalue weighted by atomic mass is 14.8. The number of rotatable bonds is 3. The SMILES string of the molecule is C=CC12CC3CC(C1)CC(C14CC5(C)CC(C)(CC(C=C)(C5)C1)C4)(C3)C2. The molecule has 4 atom stereocenters. The lowest BCUT2D eigenvalue weighted by atomic mass is 9.28. The second kappa shape index (κ2) is 4.38. The van der Waals surface area contributed by atoms with Gasteiger partial charge < -0.3 is 0 Å². The maximum Gasteiger partial charge on any atom is -0.0105 e. The monoisotopic (exact) mass is 350 g/mol. The van der Waals surface area contributed by atoms with Crippen molar-refractivity contribution >= 4 is 0 Å². The zero-order valence-electron chi connectivity index (χ0n) is 17.2. The van der Waals surface area contributed by atoms with Gasteiger partial charge in [-0.3, -0.25) is 0 Å². The highest BCUT2D eigenvalue weighted by Gasteiger charge is 2.72. The van der Waals surface area contributed by atoms with Crippen LogP contribution in [0.5, 0.6) is 0 Å². The lowest BCUT2D eigenvalue weighted by Gasteiger charge is -2.77. The van der Waals surface area contributed by atoms with Crippen molar-refractivity contribution < 1.29 is 0 Å². The molecule has 26 heavy (non-hydrogen) atoms. The molecule has 8 rings (SSSR count). The Morgan fingerprint density at radius 1 is 0.615 bits per heavy atom. The van der Waals surface area contributed by atoms with Gasteiger partial charge in [0.2, 0.25) is 0 Å². The average Bonchev–Trinajstić information content (AvgIpc) is 2.50. The van der Waals surface area contributed by atoms with Gasteiger partial charge >= 0.3 is 0 Å². The lowest BCUT2D eigenvalue weighted by molar-refractivity contribution is -0.260. The lowest BCUT2D eigenvalue weighted by Crippen LogP contribution is -2.67. The summed E-state index contributed by atoms with van der Waals surface area (Å²) in [5.74, 6) is 2.00. The predicted octanol–water partition coefficient (Wildman–Crippen LogP) is 7.31. The van der Waals surface area contributed by atoms with Gasteiger partial charge in [0.1, 0.15) is 0 Å². The van der Waals surface area contributed by atoms with Crippen molar-refractivity contribution in [2.75, 3.05) is 0 Å². The van der Waals surface area contributed by atoms with Crippen LogP contribution in [0.1, 0.15) is 90.9 Å². The highest BCUT2D eigenvalue weighted by molar-refractivity contribution is 5.26. The molecule has 8 bridgehead atoms. The fourth-order valence-corrected chi connectivity index (χ4v) is 11.8. The van der Waals surface area contributed by atoms with Crippen molar-refractivity contribution in [1.29, 1.82) is 0 Å². The van der Waals surface area contributed by atoms with Crippen LogP contribution in [-0.2, 0) is 0 Å². The fraction of sp³-hybridized carbons (Fsp3) is 0.846. The van der Waals surface area contributed by atoms with Gasteiger partial charge in [0, 0.05) is 0 Å².